The van der Waals surface area contributed by atoms with Crippen molar-refractivity contribution in [1.29, 1.82) is 0 Å². The molecule has 0 atom stereocenters. The van der Waals surface area contributed by atoms with Crippen molar-refractivity contribution in [2.45, 2.75) is 25.4 Å². The van der Waals surface area contributed by atoms with Crippen LogP contribution in [0.2, 0.25) is 0 Å². The Balaban J connectivity index is 1.15. The summed E-state index contributed by atoms with van der Waals surface area (Å²) in [6.07, 6.45) is 4.74. The summed E-state index contributed by atoms with van der Waals surface area (Å²) in [4.78, 5) is 13.3. The van der Waals surface area contributed by atoms with Gasteiger partial charge in [0.15, 0.2) is 17.3 Å². The highest BCUT2D eigenvalue weighted by molar-refractivity contribution is 5.59. The summed E-state index contributed by atoms with van der Waals surface area (Å²) in [5.74, 6) is -0.469. The summed E-state index contributed by atoms with van der Waals surface area (Å²) >= 11 is 0. The van der Waals surface area contributed by atoms with Gasteiger partial charge in [-0.2, -0.15) is 0 Å². The first-order valence-electron chi connectivity index (χ1n) is 12.9. The predicted molar refractivity (Wildman–Crippen MR) is 142 cm³/mol. The van der Waals surface area contributed by atoms with Gasteiger partial charge >= 0.3 is 0 Å². The number of benzene rings is 2. The van der Waals surface area contributed by atoms with E-state index in [1.165, 1.54) is 31.3 Å². The third kappa shape index (κ3) is 6.14. The predicted octanol–water partition coefficient (Wildman–Crippen LogP) is 4.73. The molecule has 3 aromatic rings. The molecule has 0 bridgehead atoms. The van der Waals surface area contributed by atoms with Crippen molar-refractivity contribution in [2.24, 2.45) is 0 Å². The Morgan fingerprint density at radius 2 is 1.68 bits per heavy atom. The number of aromatic nitrogens is 2. The van der Waals surface area contributed by atoms with Crippen LogP contribution in [0.4, 0.5) is 26.1 Å². The summed E-state index contributed by atoms with van der Waals surface area (Å²) in [7, 11) is 3.10. The molecule has 2 aliphatic rings. The van der Waals surface area contributed by atoms with Crippen molar-refractivity contribution < 1.29 is 23.0 Å². The Kier molecular flexibility index (Phi) is 8.19. The highest BCUT2D eigenvalue weighted by Crippen LogP contribution is 2.44. The van der Waals surface area contributed by atoms with E-state index in [1.807, 2.05) is 12.1 Å². The molecule has 38 heavy (non-hydrogen) atoms. The summed E-state index contributed by atoms with van der Waals surface area (Å²) in [5.41, 5.74) is 2.36. The second-order valence-electron chi connectivity index (χ2n) is 9.57. The molecule has 1 saturated heterocycles. The first kappa shape index (κ1) is 26.1. The lowest BCUT2D eigenvalue weighted by atomic mass is 10.0. The van der Waals surface area contributed by atoms with E-state index < -0.39 is 11.6 Å². The highest BCUT2D eigenvalue weighted by Gasteiger charge is 2.31. The van der Waals surface area contributed by atoms with Crippen LogP contribution in [0.1, 0.15) is 29.9 Å². The normalized spacial score (nSPS) is 15.9. The molecular formula is C28H33F2N5O3. The van der Waals surface area contributed by atoms with E-state index in [2.05, 4.69) is 37.2 Å². The van der Waals surface area contributed by atoms with Crippen LogP contribution < -0.4 is 19.7 Å². The molecule has 0 spiro atoms. The van der Waals surface area contributed by atoms with Gasteiger partial charge in [0.05, 0.1) is 31.7 Å². The second kappa shape index (κ2) is 11.9. The lowest BCUT2D eigenvalue weighted by molar-refractivity contribution is 0.144. The monoisotopic (exact) mass is 525 g/mol. The van der Waals surface area contributed by atoms with Crippen molar-refractivity contribution in [2.75, 3.05) is 63.8 Å². The fourth-order valence-corrected chi connectivity index (χ4v) is 4.60. The van der Waals surface area contributed by atoms with Crippen molar-refractivity contribution in [3.63, 3.8) is 0 Å². The fraction of sp³-hybridized carbons (Fsp3) is 0.429. The third-order valence-corrected chi connectivity index (χ3v) is 7.01. The molecule has 8 nitrogen and oxygen atoms in total. The number of rotatable bonds is 11. The smallest absolute Gasteiger partial charge is 0.227 e. The molecule has 10 heteroatoms. The van der Waals surface area contributed by atoms with Crippen LogP contribution in [0.5, 0.6) is 11.5 Å². The third-order valence-electron chi connectivity index (χ3n) is 7.01. The fourth-order valence-electron chi connectivity index (χ4n) is 4.60. The highest BCUT2D eigenvalue weighted by atomic mass is 19.1. The van der Waals surface area contributed by atoms with Crippen LogP contribution in [-0.4, -0.2) is 68.4 Å². The van der Waals surface area contributed by atoms with Gasteiger partial charge < -0.3 is 24.4 Å². The summed E-state index contributed by atoms with van der Waals surface area (Å²) in [6, 6.07) is 9.60. The Labute approximate surface area is 221 Å². The number of nitrogens with zero attached hydrogens (tertiary/aromatic N) is 4. The molecule has 5 rings (SSSR count). The quantitative estimate of drug-likeness (QED) is 0.385. The number of piperazine rings is 1. The maximum atomic E-state index is 14.9. The minimum absolute atomic E-state index is 0.0260. The SMILES string of the molecule is COCCN1CCN(c2ccc(Nc3ncc(OCc4c(F)c(OC)cc(C5CC5)c4F)cn3)cc2)CC1. The van der Waals surface area contributed by atoms with Crippen molar-refractivity contribution in [3.05, 3.63) is 65.5 Å². The van der Waals surface area contributed by atoms with Gasteiger partial charge in [0, 0.05) is 51.2 Å². The van der Waals surface area contributed by atoms with Crippen molar-refractivity contribution in [1.82, 2.24) is 14.9 Å². The van der Waals surface area contributed by atoms with Gasteiger partial charge in [0.25, 0.3) is 0 Å². The first-order valence-corrected chi connectivity index (χ1v) is 12.9. The minimum Gasteiger partial charge on any atom is -0.494 e. The molecule has 202 valence electrons. The molecule has 1 saturated carbocycles. The molecule has 0 unspecified atom stereocenters. The number of hydrogen-bond acceptors (Lipinski definition) is 8. The maximum Gasteiger partial charge on any atom is 0.227 e. The molecule has 1 aliphatic heterocycles. The molecule has 2 heterocycles. The van der Waals surface area contributed by atoms with E-state index in [0.29, 0.717) is 17.3 Å². The molecule has 1 aromatic heterocycles. The number of methoxy groups -OCH3 is 2. The second-order valence-corrected chi connectivity index (χ2v) is 9.57. The zero-order valence-electron chi connectivity index (χ0n) is 21.8. The largest absolute Gasteiger partial charge is 0.494 e. The van der Waals surface area contributed by atoms with Gasteiger partial charge in [-0.1, -0.05) is 0 Å². The van der Waals surface area contributed by atoms with E-state index in [4.69, 9.17) is 14.2 Å². The van der Waals surface area contributed by atoms with Gasteiger partial charge in [0.1, 0.15) is 12.4 Å². The Morgan fingerprint density at radius 3 is 2.32 bits per heavy atom. The van der Waals surface area contributed by atoms with Crippen LogP contribution >= 0.6 is 0 Å². The van der Waals surface area contributed by atoms with Gasteiger partial charge in [0.2, 0.25) is 5.95 Å². The van der Waals surface area contributed by atoms with Crippen LogP contribution in [0, 0.1) is 11.6 Å². The minimum atomic E-state index is -0.745. The average molecular weight is 526 g/mol. The lowest BCUT2D eigenvalue weighted by Crippen LogP contribution is -2.47. The Bertz CT molecular complexity index is 1210. The molecule has 0 amide bonds. The molecule has 1 N–H and O–H groups in total. The van der Waals surface area contributed by atoms with Crippen molar-refractivity contribution in [3.8, 4) is 11.5 Å². The number of hydrogen-bond donors (Lipinski definition) is 1. The van der Waals surface area contributed by atoms with Crippen molar-refractivity contribution >= 4 is 17.3 Å². The Morgan fingerprint density at radius 1 is 0.974 bits per heavy atom. The van der Waals surface area contributed by atoms with E-state index in [9.17, 15) is 8.78 Å². The van der Waals surface area contributed by atoms with Gasteiger partial charge in [-0.25, -0.2) is 18.7 Å². The topological polar surface area (TPSA) is 72.0 Å². The number of ether oxygens (including phenoxy) is 3. The molecule has 0 radical (unpaired) electrons. The van der Waals surface area contributed by atoms with E-state index in [-0.39, 0.29) is 23.8 Å². The lowest BCUT2D eigenvalue weighted by Gasteiger charge is -2.36. The van der Waals surface area contributed by atoms with E-state index in [0.717, 1.165) is 57.9 Å². The molecule has 1 aliphatic carbocycles. The molecule has 2 fully saturated rings. The molecular weight excluding hydrogens is 492 g/mol. The van der Waals surface area contributed by atoms with E-state index in [1.54, 1.807) is 7.11 Å². The van der Waals surface area contributed by atoms with Gasteiger partial charge in [-0.15, -0.1) is 0 Å². The Hall–Kier alpha value is -3.50. The number of halogens is 2. The van der Waals surface area contributed by atoms with Crippen LogP contribution in [-0.2, 0) is 11.3 Å². The summed E-state index contributed by atoms with van der Waals surface area (Å²) < 4.78 is 45.6. The van der Waals surface area contributed by atoms with Gasteiger partial charge in [-0.05, 0) is 54.7 Å². The van der Waals surface area contributed by atoms with Crippen LogP contribution in [0.25, 0.3) is 0 Å². The average Bonchev–Trinajstić information content (AvgIpc) is 3.79. The van der Waals surface area contributed by atoms with E-state index >= 15 is 0 Å². The number of anilines is 3. The maximum absolute atomic E-state index is 14.9. The standard InChI is InChI=1S/C28H33F2N5O3/c1-36-14-13-34-9-11-35(12-10-34)21-7-5-20(6-8-21)33-28-31-16-22(17-32-28)38-18-24-26(29)23(19-3-4-19)15-25(37-2)27(24)30/h5-8,15-17,19H,3-4,9-14,18H2,1-2H3,(H,31,32,33). The zero-order valence-corrected chi connectivity index (χ0v) is 21.8. The van der Waals surface area contributed by atoms with Gasteiger partial charge in [-0.3, -0.25) is 4.90 Å². The summed E-state index contributed by atoms with van der Waals surface area (Å²) in [6.45, 7) is 5.43. The summed E-state index contributed by atoms with van der Waals surface area (Å²) in [5, 5.41) is 3.17. The number of nitrogens with one attached hydrogen (secondary N) is 1. The van der Waals surface area contributed by atoms with Crippen LogP contribution in [0.3, 0.4) is 0 Å². The van der Waals surface area contributed by atoms with Crippen LogP contribution in [0.15, 0.2) is 42.7 Å². The zero-order chi connectivity index (χ0) is 26.5. The molecule has 2 aromatic carbocycles. The first-order chi connectivity index (χ1) is 18.6.